The Kier molecular flexibility index (Phi) is 6.14. The Labute approximate surface area is 154 Å². The lowest BCUT2D eigenvalue weighted by atomic mass is 10.2. The van der Waals surface area contributed by atoms with Gasteiger partial charge in [-0.05, 0) is 62.7 Å². The van der Waals surface area contributed by atoms with Gasteiger partial charge in [-0.1, -0.05) is 17.7 Å². The van der Waals surface area contributed by atoms with Gasteiger partial charge in [0.1, 0.15) is 0 Å². The highest BCUT2D eigenvalue weighted by Gasteiger charge is 2.35. The Morgan fingerprint density at radius 2 is 1.96 bits per heavy atom. The zero-order chi connectivity index (χ0) is 17.2. The zero-order valence-corrected chi connectivity index (χ0v) is 16.5. The molecule has 0 aliphatic carbocycles. The molecule has 0 N–H and O–H groups in total. The van der Waals surface area contributed by atoms with Crippen LogP contribution in [0, 0.1) is 6.92 Å². The fourth-order valence-electron chi connectivity index (χ4n) is 3.52. The molecule has 2 fully saturated rings. The van der Waals surface area contributed by atoms with Crippen molar-refractivity contribution >= 4 is 33.4 Å². The van der Waals surface area contributed by atoms with Crippen LogP contribution in [-0.4, -0.2) is 61.3 Å². The lowest BCUT2D eigenvalue weighted by Gasteiger charge is -2.32. The van der Waals surface area contributed by atoms with Crippen molar-refractivity contribution in [3.8, 4) is 0 Å². The van der Waals surface area contributed by atoms with Gasteiger partial charge in [0.25, 0.3) is 0 Å². The van der Waals surface area contributed by atoms with Gasteiger partial charge in [0.2, 0.25) is 10.0 Å². The van der Waals surface area contributed by atoms with Gasteiger partial charge in [-0.25, -0.2) is 8.42 Å². The van der Waals surface area contributed by atoms with Crippen molar-refractivity contribution in [1.29, 1.82) is 0 Å². The third-order valence-electron chi connectivity index (χ3n) is 4.86. The third kappa shape index (κ3) is 3.93. The Morgan fingerprint density at radius 1 is 1.21 bits per heavy atom. The zero-order valence-electron chi connectivity index (χ0n) is 14.1. The van der Waals surface area contributed by atoms with E-state index < -0.39 is 10.0 Å². The number of hydrogen-bond donors (Lipinski definition) is 0. The number of thioether (sulfide) groups is 1. The van der Waals surface area contributed by atoms with Crippen molar-refractivity contribution < 1.29 is 8.42 Å². The van der Waals surface area contributed by atoms with E-state index >= 15 is 0 Å². The maximum absolute atomic E-state index is 13.3. The standard InChI is InChI=1S/C17H25ClN2O2S2/c1-14-16(18)6-4-7-17(14)24(21,22)20-10-5-11-23-13-15(20)12-19-8-2-3-9-19/h4,6-7,15H,2-3,5,8-13H2,1H3. The second kappa shape index (κ2) is 7.96. The summed E-state index contributed by atoms with van der Waals surface area (Å²) in [6, 6.07) is 5.20. The molecular formula is C17H25ClN2O2S2. The average molecular weight is 389 g/mol. The summed E-state index contributed by atoms with van der Waals surface area (Å²) in [7, 11) is -3.52. The van der Waals surface area contributed by atoms with Crippen LogP contribution >= 0.6 is 23.4 Å². The molecular weight excluding hydrogens is 364 g/mol. The van der Waals surface area contributed by atoms with Gasteiger partial charge in [0, 0.05) is 29.9 Å². The first-order valence-electron chi connectivity index (χ1n) is 8.57. The van der Waals surface area contributed by atoms with Gasteiger partial charge in [0.05, 0.1) is 4.90 Å². The minimum Gasteiger partial charge on any atom is -0.302 e. The number of nitrogens with zero attached hydrogens (tertiary/aromatic N) is 2. The molecule has 134 valence electrons. The maximum Gasteiger partial charge on any atom is 0.243 e. The van der Waals surface area contributed by atoms with Crippen LogP contribution in [0.4, 0.5) is 0 Å². The second-order valence-corrected chi connectivity index (χ2v) is 9.98. The fraction of sp³-hybridized carbons (Fsp3) is 0.647. The van der Waals surface area contributed by atoms with E-state index in [1.165, 1.54) is 12.8 Å². The number of rotatable bonds is 4. The minimum atomic E-state index is -3.52. The highest BCUT2D eigenvalue weighted by Crippen LogP contribution is 2.29. The molecule has 0 bridgehead atoms. The molecule has 0 radical (unpaired) electrons. The summed E-state index contributed by atoms with van der Waals surface area (Å²) in [5.74, 6) is 1.90. The number of hydrogen-bond acceptors (Lipinski definition) is 4. The van der Waals surface area contributed by atoms with Crippen molar-refractivity contribution in [1.82, 2.24) is 9.21 Å². The van der Waals surface area contributed by atoms with E-state index in [2.05, 4.69) is 4.90 Å². The van der Waals surface area contributed by atoms with E-state index in [1.54, 1.807) is 29.4 Å². The van der Waals surface area contributed by atoms with Crippen LogP contribution in [0.25, 0.3) is 0 Å². The molecule has 0 saturated carbocycles. The largest absolute Gasteiger partial charge is 0.302 e. The highest BCUT2D eigenvalue weighted by molar-refractivity contribution is 7.99. The molecule has 2 saturated heterocycles. The lowest BCUT2D eigenvalue weighted by molar-refractivity contribution is 0.243. The normalized spacial score (nSPS) is 24.2. The molecule has 1 atom stereocenters. The Morgan fingerprint density at radius 3 is 2.71 bits per heavy atom. The first-order valence-corrected chi connectivity index (χ1v) is 11.5. The SMILES string of the molecule is Cc1c(Cl)cccc1S(=O)(=O)N1CCCSCC1CN1CCCC1. The van der Waals surface area contributed by atoms with Crippen molar-refractivity contribution in [2.45, 2.75) is 37.1 Å². The smallest absolute Gasteiger partial charge is 0.243 e. The Bertz CT molecular complexity index is 675. The summed E-state index contributed by atoms with van der Waals surface area (Å²) in [6.07, 6.45) is 3.35. The van der Waals surface area contributed by atoms with Crippen molar-refractivity contribution in [3.05, 3.63) is 28.8 Å². The summed E-state index contributed by atoms with van der Waals surface area (Å²) < 4.78 is 28.4. The summed E-state index contributed by atoms with van der Waals surface area (Å²) in [6.45, 7) is 5.40. The van der Waals surface area contributed by atoms with Crippen LogP contribution in [0.2, 0.25) is 5.02 Å². The van der Waals surface area contributed by atoms with Gasteiger partial charge in [-0.3, -0.25) is 0 Å². The van der Waals surface area contributed by atoms with Gasteiger partial charge in [-0.15, -0.1) is 0 Å². The molecule has 2 aliphatic heterocycles. The van der Waals surface area contributed by atoms with Gasteiger partial charge in [0.15, 0.2) is 0 Å². The first kappa shape index (κ1) is 18.5. The molecule has 7 heteroatoms. The molecule has 4 nitrogen and oxygen atoms in total. The van der Waals surface area contributed by atoms with Gasteiger partial charge in [-0.2, -0.15) is 16.1 Å². The average Bonchev–Trinajstić information content (AvgIpc) is 2.94. The second-order valence-electron chi connectivity index (χ2n) is 6.57. The first-order chi connectivity index (χ1) is 11.5. The number of halogens is 1. The van der Waals surface area contributed by atoms with Crippen LogP contribution in [0.3, 0.4) is 0 Å². The number of likely N-dealkylation sites (tertiary alicyclic amines) is 1. The van der Waals surface area contributed by atoms with E-state index in [0.717, 1.165) is 37.6 Å². The molecule has 1 unspecified atom stereocenters. The molecule has 0 amide bonds. The predicted molar refractivity (Wildman–Crippen MR) is 101 cm³/mol. The molecule has 2 heterocycles. The van der Waals surface area contributed by atoms with Crippen molar-refractivity contribution in [3.63, 3.8) is 0 Å². The fourth-order valence-corrected chi connectivity index (χ4v) is 6.81. The summed E-state index contributed by atoms with van der Waals surface area (Å²) in [5.41, 5.74) is 0.649. The van der Waals surface area contributed by atoms with Crippen LogP contribution in [-0.2, 0) is 10.0 Å². The molecule has 24 heavy (non-hydrogen) atoms. The summed E-state index contributed by atoms with van der Waals surface area (Å²) in [5, 5.41) is 0.511. The quantitative estimate of drug-likeness (QED) is 0.793. The van der Waals surface area contributed by atoms with E-state index in [4.69, 9.17) is 11.6 Å². The maximum atomic E-state index is 13.3. The van der Waals surface area contributed by atoms with E-state index in [1.807, 2.05) is 11.8 Å². The molecule has 3 rings (SSSR count). The predicted octanol–water partition coefficient (Wildman–Crippen LogP) is 3.24. The topological polar surface area (TPSA) is 40.6 Å². The van der Waals surface area contributed by atoms with Crippen LogP contribution in [0.15, 0.2) is 23.1 Å². The molecule has 1 aromatic carbocycles. The van der Waals surface area contributed by atoms with E-state index in [9.17, 15) is 8.42 Å². The van der Waals surface area contributed by atoms with E-state index in [0.29, 0.717) is 22.0 Å². The van der Waals surface area contributed by atoms with Crippen LogP contribution in [0.5, 0.6) is 0 Å². The van der Waals surface area contributed by atoms with Crippen molar-refractivity contribution in [2.24, 2.45) is 0 Å². The van der Waals surface area contributed by atoms with E-state index in [-0.39, 0.29) is 6.04 Å². The molecule has 2 aliphatic rings. The Hall–Kier alpha value is -0.270. The van der Waals surface area contributed by atoms with Gasteiger partial charge < -0.3 is 4.90 Å². The minimum absolute atomic E-state index is 0.0407. The summed E-state index contributed by atoms with van der Waals surface area (Å²) >= 11 is 8.04. The lowest BCUT2D eigenvalue weighted by Crippen LogP contribution is -2.47. The van der Waals surface area contributed by atoms with Crippen LogP contribution in [0.1, 0.15) is 24.8 Å². The third-order valence-corrected chi connectivity index (χ3v) is 8.56. The number of benzene rings is 1. The number of sulfonamides is 1. The Balaban J connectivity index is 1.90. The van der Waals surface area contributed by atoms with Gasteiger partial charge >= 0.3 is 0 Å². The monoisotopic (exact) mass is 388 g/mol. The molecule has 1 aromatic rings. The highest BCUT2D eigenvalue weighted by atomic mass is 35.5. The summed E-state index contributed by atoms with van der Waals surface area (Å²) in [4.78, 5) is 2.76. The molecule has 0 spiro atoms. The van der Waals surface area contributed by atoms with Crippen LogP contribution < -0.4 is 0 Å². The van der Waals surface area contributed by atoms with Crippen molar-refractivity contribution in [2.75, 3.05) is 37.7 Å². The molecule has 0 aromatic heterocycles.